The predicted octanol–water partition coefficient (Wildman–Crippen LogP) is 3.96. The van der Waals surface area contributed by atoms with Gasteiger partial charge in [-0.1, -0.05) is 29.5 Å². The predicted molar refractivity (Wildman–Crippen MR) is 215 cm³/mol. The fraction of sp³-hybridized carbons (Fsp3) is 0.512. The summed E-state index contributed by atoms with van der Waals surface area (Å²) in [6.45, 7) is 8.96. The summed E-state index contributed by atoms with van der Waals surface area (Å²) in [5.74, 6) is 0.111. The maximum absolute atomic E-state index is 15.0. The maximum atomic E-state index is 15.0. The third-order valence-electron chi connectivity index (χ3n) is 13.3. The van der Waals surface area contributed by atoms with E-state index in [2.05, 4.69) is 84.6 Å². The largest absolute Gasteiger partial charge is 0.371 e. The topological polar surface area (TPSA) is 110 Å². The number of likely N-dealkylation sites (tertiary alicyclic amines) is 1. The van der Waals surface area contributed by atoms with Crippen molar-refractivity contribution in [2.45, 2.75) is 62.6 Å². The van der Waals surface area contributed by atoms with Crippen LogP contribution in [-0.4, -0.2) is 121 Å². The van der Waals surface area contributed by atoms with E-state index in [1.807, 2.05) is 24.3 Å². The fourth-order valence-corrected chi connectivity index (χ4v) is 10.1. The molecule has 0 bridgehead atoms. The number of imide groups is 1. The number of fused-ring (bicyclic) bond motifs is 2. The average molecular weight is 762 g/mol. The van der Waals surface area contributed by atoms with Crippen LogP contribution in [0.4, 0.5) is 15.8 Å². The van der Waals surface area contributed by atoms with Gasteiger partial charge >= 0.3 is 0 Å². The van der Waals surface area contributed by atoms with Crippen LogP contribution in [0.2, 0.25) is 0 Å². The molecule has 4 saturated heterocycles. The van der Waals surface area contributed by atoms with Crippen molar-refractivity contribution < 1.29 is 14.0 Å². The van der Waals surface area contributed by atoms with Gasteiger partial charge in [0.15, 0.2) is 0 Å². The van der Waals surface area contributed by atoms with E-state index in [9.17, 15) is 18.8 Å². The highest BCUT2D eigenvalue weighted by molar-refractivity contribution is 5.99. The van der Waals surface area contributed by atoms with Crippen molar-refractivity contribution in [2.24, 2.45) is 5.92 Å². The van der Waals surface area contributed by atoms with Gasteiger partial charge in [-0.15, -0.1) is 5.10 Å². The summed E-state index contributed by atoms with van der Waals surface area (Å²) < 4.78 is 16.1. The van der Waals surface area contributed by atoms with Gasteiger partial charge in [0.2, 0.25) is 5.91 Å². The summed E-state index contributed by atoms with van der Waals surface area (Å²) in [4.78, 5) is 49.8. The van der Waals surface area contributed by atoms with Crippen LogP contribution >= 0.6 is 0 Å². The SMILES string of the molecule is CN(C)[C@H]1CN(C2CCc3cccc(F)c32)C[C@@H]1c1ccc(N2CCN(CC3CCN(c4ccc5nnn(C6CCC(=O)NC6=O)c(=O)c5c4)CC3)CC2)cc1. The summed E-state index contributed by atoms with van der Waals surface area (Å²) in [5, 5.41) is 11.0. The standard InChI is InChI=1S/C43H52FN9O3/c1-48(2)39-27-52(37-13-8-30-4-3-5-35(44)41(30)37)26-34(39)29-6-9-31(10-7-29)51-22-20-49(21-23-51)25-28-16-18-50(19-17-28)32-11-12-36-33(24-32)43(56)53(47-46-36)38-14-15-40(54)45-42(38)55/h3-7,9-12,24,28,34,37-39H,8,13-23,25-27H2,1-2H3,(H,45,54,55)/t34-,37?,38?,39+/m1/s1. The molecule has 5 aliphatic rings. The Morgan fingerprint density at radius 1 is 0.804 bits per heavy atom. The van der Waals surface area contributed by atoms with Crippen LogP contribution in [0.5, 0.6) is 0 Å². The lowest BCUT2D eigenvalue weighted by molar-refractivity contribution is -0.136. The first-order valence-corrected chi connectivity index (χ1v) is 20.4. The molecule has 1 N–H and O–H groups in total. The average Bonchev–Trinajstić information content (AvgIpc) is 3.86. The number of carbonyl (C=O) groups is 2. The quantitative estimate of drug-likeness (QED) is 0.265. The number of piperazine rings is 1. The number of nitrogens with one attached hydrogen (secondary N) is 1. The number of anilines is 2. The van der Waals surface area contributed by atoms with Crippen LogP contribution < -0.4 is 20.7 Å². The monoisotopic (exact) mass is 761 g/mol. The molecule has 0 spiro atoms. The van der Waals surface area contributed by atoms with Gasteiger partial charge in [0.25, 0.3) is 11.5 Å². The molecular formula is C43H52FN9O3. The normalized spacial score (nSPS) is 25.4. The second kappa shape index (κ2) is 15.3. The lowest BCUT2D eigenvalue weighted by Crippen LogP contribution is -2.49. The first-order chi connectivity index (χ1) is 27.2. The highest BCUT2D eigenvalue weighted by Crippen LogP contribution is 2.42. The summed E-state index contributed by atoms with van der Waals surface area (Å²) in [7, 11) is 4.35. The van der Waals surface area contributed by atoms with Crippen LogP contribution in [0.3, 0.4) is 0 Å². The molecule has 0 saturated carbocycles. The number of carbonyl (C=O) groups excluding carboxylic acids is 2. The van der Waals surface area contributed by atoms with Crippen LogP contribution in [0, 0.1) is 11.7 Å². The Bertz CT molecular complexity index is 2160. The molecule has 13 heteroatoms. The zero-order valence-electron chi connectivity index (χ0n) is 32.4. The molecule has 56 heavy (non-hydrogen) atoms. The van der Waals surface area contributed by atoms with Crippen LogP contribution in [0.1, 0.15) is 66.8 Å². The number of piperidine rings is 2. The first kappa shape index (κ1) is 36.9. The van der Waals surface area contributed by atoms with Gasteiger partial charge in [-0.2, -0.15) is 4.68 Å². The lowest BCUT2D eigenvalue weighted by Gasteiger charge is -2.40. The van der Waals surface area contributed by atoms with Gasteiger partial charge in [-0.05, 0) is 99.6 Å². The molecule has 4 aromatic rings. The summed E-state index contributed by atoms with van der Waals surface area (Å²) >= 11 is 0. The molecule has 9 rings (SSSR count). The van der Waals surface area contributed by atoms with Crippen molar-refractivity contribution in [3.8, 4) is 0 Å². The molecule has 2 unspecified atom stereocenters. The van der Waals surface area contributed by atoms with E-state index >= 15 is 0 Å². The zero-order chi connectivity index (χ0) is 38.5. The first-order valence-electron chi connectivity index (χ1n) is 20.4. The Morgan fingerprint density at radius 3 is 2.29 bits per heavy atom. The number of rotatable bonds is 8. The highest BCUT2D eigenvalue weighted by Gasteiger charge is 2.41. The minimum Gasteiger partial charge on any atom is -0.371 e. The minimum atomic E-state index is -0.834. The third-order valence-corrected chi connectivity index (χ3v) is 13.3. The number of nitrogens with zero attached hydrogens (tertiary/aromatic N) is 8. The van der Waals surface area contributed by atoms with Crippen LogP contribution in [0.25, 0.3) is 10.9 Å². The third kappa shape index (κ3) is 7.09. The molecular weight excluding hydrogens is 710 g/mol. The minimum absolute atomic E-state index is 0.0520. The Kier molecular flexibility index (Phi) is 10.1. The van der Waals surface area contributed by atoms with Gasteiger partial charge in [-0.25, -0.2) is 4.39 Å². The Hall–Kier alpha value is -4.72. The molecule has 5 heterocycles. The molecule has 4 aliphatic heterocycles. The number of benzene rings is 3. The zero-order valence-corrected chi connectivity index (χ0v) is 32.4. The van der Waals surface area contributed by atoms with Gasteiger partial charge in [0.05, 0.1) is 5.39 Å². The Labute approximate surface area is 327 Å². The van der Waals surface area contributed by atoms with Gasteiger partial charge in [0.1, 0.15) is 17.4 Å². The molecule has 294 valence electrons. The highest BCUT2D eigenvalue weighted by atomic mass is 19.1. The van der Waals surface area contributed by atoms with Crippen molar-refractivity contribution in [3.63, 3.8) is 0 Å². The van der Waals surface area contributed by atoms with Gasteiger partial charge in [0, 0.05) is 100 Å². The van der Waals surface area contributed by atoms with E-state index < -0.39 is 11.9 Å². The van der Waals surface area contributed by atoms with Crippen LogP contribution in [0.15, 0.2) is 65.5 Å². The van der Waals surface area contributed by atoms with Crippen molar-refractivity contribution in [1.29, 1.82) is 0 Å². The molecule has 1 aliphatic carbocycles. The van der Waals surface area contributed by atoms with Crippen molar-refractivity contribution >= 4 is 34.1 Å². The number of aryl methyl sites for hydroxylation is 1. The summed E-state index contributed by atoms with van der Waals surface area (Å²) in [6.07, 6.45) is 4.53. The maximum Gasteiger partial charge on any atom is 0.278 e. The van der Waals surface area contributed by atoms with E-state index in [-0.39, 0.29) is 36.2 Å². The van der Waals surface area contributed by atoms with Crippen LogP contribution in [-0.2, 0) is 16.0 Å². The number of halogens is 1. The van der Waals surface area contributed by atoms with E-state index in [0.717, 1.165) is 101 Å². The van der Waals surface area contributed by atoms with Gasteiger partial charge in [-0.3, -0.25) is 29.5 Å². The van der Waals surface area contributed by atoms with Crippen molar-refractivity contribution in [2.75, 3.05) is 82.8 Å². The van der Waals surface area contributed by atoms with Gasteiger partial charge < -0.3 is 14.7 Å². The molecule has 1 aromatic heterocycles. The van der Waals surface area contributed by atoms with E-state index in [1.165, 1.54) is 16.8 Å². The summed E-state index contributed by atoms with van der Waals surface area (Å²) in [5.41, 5.74) is 5.87. The molecule has 0 radical (unpaired) electrons. The van der Waals surface area contributed by atoms with Crippen molar-refractivity contribution in [3.05, 3.63) is 93.5 Å². The molecule has 4 fully saturated rings. The Morgan fingerprint density at radius 2 is 1.54 bits per heavy atom. The molecule has 3 aromatic carbocycles. The number of likely N-dealkylation sites (N-methyl/N-ethyl adjacent to an activating group) is 1. The number of aromatic nitrogens is 3. The second-order valence-corrected chi connectivity index (χ2v) is 16.8. The fourth-order valence-electron chi connectivity index (χ4n) is 10.1. The smallest absolute Gasteiger partial charge is 0.278 e. The molecule has 2 amide bonds. The van der Waals surface area contributed by atoms with E-state index in [1.54, 1.807) is 6.07 Å². The number of hydrogen-bond acceptors (Lipinski definition) is 10. The molecule has 12 nitrogen and oxygen atoms in total. The van der Waals surface area contributed by atoms with E-state index in [4.69, 9.17) is 0 Å². The lowest BCUT2D eigenvalue weighted by atomic mass is 9.93. The van der Waals surface area contributed by atoms with Crippen molar-refractivity contribution in [1.82, 2.24) is 35.0 Å². The molecule has 4 atom stereocenters. The Balaban J connectivity index is 0.772. The van der Waals surface area contributed by atoms with E-state index in [0.29, 0.717) is 28.8 Å². The number of hydrogen-bond donors (Lipinski definition) is 1. The summed E-state index contributed by atoms with van der Waals surface area (Å²) in [6, 6.07) is 20.3. The number of amides is 2. The second-order valence-electron chi connectivity index (χ2n) is 16.8.